The zero-order valence-electron chi connectivity index (χ0n) is 16.9. The average Bonchev–Trinajstić information content (AvgIpc) is 3.06. The third-order valence-corrected chi connectivity index (χ3v) is 5.62. The molecule has 0 spiro atoms. The van der Waals surface area contributed by atoms with Crippen LogP contribution in [0.3, 0.4) is 0 Å². The van der Waals surface area contributed by atoms with Crippen molar-refractivity contribution in [3.05, 3.63) is 51.7 Å². The lowest BCUT2D eigenvalue weighted by molar-refractivity contribution is -0.137. The summed E-state index contributed by atoms with van der Waals surface area (Å²) in [4.78, 5) is 33.9. The van der Waals surface area contributed by atoms with E-state index < -0.39 is 23.6 Å². The van der Waals surface area contributed by atoms with E-state index in [1.807, 2.05) is 0 Å². The van der Waals surface area contributed by atoms with Crippen molar-refractivity contribution >= 4 is 39.2 Å². The molecule has 0 fully saturated rings. The molecular formula is C20H19F3N4O3S. The molecular weight excluding hydrogens is 433 g/mol. The molecule has 0 radical (unpaired) electrons. The van der Waals surface area contributed by atoms with Gasteiger partial charge in [-0.15, -0.1) is 11.3 Å². The Labute approximate surface area is 179 Å². The maximum absolute atomic E-state index is 12.6. The Morgan fingerprint density at radius 3 is 2.39 bits per heavy atom. The summed E-state index contributed by atoms with van der Waals surface area (Å²) >= 11 is 1.21. The first-order valence-corrected chi connectivity index (χ1v) is 9.99. The molecule has 0 aliphatic heterocycles. The van der Waals surface area contributed by atoms with E-state index in [9.17, 15) is 22.8 Å². The number of anilines is 1. The summed E-state index contributed by atoms with van der Waals surface area (Å²) in [6, 6.07) is 4.00. The van der Waals surface area contributed by atoms with Gasteiger partial charge in [-0.2, -0.15) is 13.2 Å². The first-order chi connectivity index (χ1) is 14.6. The number of rotatable bonds is 6. The number of methoxy groups -OCH3 is 1. The number of nitrogens with zero attached hydrogens (tertiary/aromatic N) is 2. The molecule has 0 saturated carbocycles. The number of carbonyl (C=O) groups excluding carboxylic acids is 2. The van der Waals surface area contributed by atoms with Gasteiger partial charge in [-0.05, 0) is 43.7 Å². The van der Waals surface area contributed by atoms with Crippen LogP contribution >= 0.6 is 11.3 Å². The quantitative estimate of drug-likeness (QED) is 0.435. The third-order valence-electron chi connectivity index (χ3n) is 4.45. The predicted octanol–water partition coefficient (Wildman–Crippen LogP) is 3.96. The van der Waals surface area contributed by atoms with Crippen LogP contribution in [0.5, 0.6) is 0 Å². The highest BCUT2D eigenvalue weighted by Crippen LogP contribution is 2.34. The monoisotopic (exact) mass is 452 g/mol. The van der Waals surface area contributed by atoms with Crippen LogP contribution in [0.2, 0.25) is 0 Å². The van der Waals surface area contributed by atoms with Crippen LogP contribution in [0, 0.1) is 13.8 Å². The van der Waals surface area contributed by atoms with Crippen molar-refractivity contribution < 1.29 is 27.5 Å². The minimum Gasteiger partial charge on any atom is -0.465 e. The Bertz CT molecular complexity index is 1130. The number of esters is 1. The van der Waals surface area contributed by atoms with Crippen molar-refractivity contribution in [3.63, 3.8) is 0 Å². The highest BCUT2D eigenvalue weighted by atomic mass is 32.1. The number of carbonyl (C=O) groups is 2. The van der Waals surface area contributed by atoms with Crippen molar-refractivity contribution in [2.24, 2.45) is 0 Å². The molecule has 0 unspecified atom stereocenters. The normalized spacial score (nSPS) is 11.4. The van der Waals surface area contributed by atoms with Gasteiger partial charge in [0.25, 0.3) is 5.91 Å². The number of nitrogens with one attached hydrogen (secondary N) is 2. The number of hydrogen-bond acceptors (Lipinski definition) is 7. The van der Waals surface area contributed by atoms with Gasteiger partial charge in [-0.1, -0.05) is 0 Å². The van der Waals surface area contributed by atoms with Gasteiger partial charge < -0.3 is 15.4 Å². The number of amides is 1. The van der Waals surface area contributed by atoms with Gasteiger partial charge in [-0.3, -0.25) is 4.79 Å². The summed E-state index contributed by atoms with van der Waals surface area (Å²) < 4.78 is 42.7. The molecule has 1 aromatic carbocycles. The SMILES string of the molecule is COC(=O)c1sc2nc(C)nc(NCCNC(=O)c3ccc(C(F)(F)F)cc3)c2c1C. The Kier molecular flexibility index (Phi) is 6.44. The molecule has 3 rings (SSSR count). The van der Waals surface area contributed by atoms with E-state index in [1.165, 1.54) is 18.4 Å². The highest BCUT2D eigenvalue weighted by molar-refractivity contribution is 7.20. The largest absolute Gasteiger partial charge is 0.465 e. The molecule has 3 aromatic rings. The van der Waals surface area contributed by atoms with E-state index in [1.54, 1.807) is 13.8 Å². The van der Waals surface area contributed by atoms with E-state index in [4.69, 9.17) is 4.74 Å². The number of halogens is 3. The van der Waals surface area contributed by atoms with Crippen LogP contribution in [0.1, 0.15) is 37.0 Å². The molecule has 0 bridgehead atoms. The summed E-state index contributed by atoms with van der Waals surface area (Å²) in [5.74, 6) is 0.101. The second kappa shape index (κ2) is 8.88. The topological polar surface area (TPSA) is 93.2 Å². The number of benzene rings is 1. The van der Waals surface area contributed by atoms with Crippen LogP contribution in [-0.4, -0.2) is 42.0 Å². The molecule has 0 saturated heterocycles. The van der Waals surface area contributed by atoms with Gasteiger partial charge in [0, 0.05) is 18.7 Å². The minimum atomic E-state index is -4.45. The van der Waals surface area contributed by atoms with Gasteiger partial charge in [-0.25, -0.2) is 14.8 Å². The molecule has 0 aliphatic rings. The molecule has 2 aromatic heterocycles. The standard InChI is InChI=1S/C20H19F3N4O3S/c1-10-14-16(26-11(2)27-18(14)31-15(10)19(29)30-3)24-8-9-25-17(28)12-4-6-13(7-5-12)20(21,22)23/h4-7H,8-9H2,1-3H3,(H,25,28)(H,24,26,27). The predicted molar refractivity (Wildman–Crippen MR) is 110 cm³/mol. The number of fused-ring (bicyclic) bond motifs is 1. The first-order valence-electron chi connectivity index (χ1n) is 9.17. The smallest absolute Gasteiger partial charge is 0.416 e. The Morgan fingerprint density at radius 2 is 1.77 bits per heavy atom. The molecule has 2 N–H and O–H groups in total. The van der Waals surface area contributed by atoms with Gasteiger partial charge in [0.1, 0.15) is 21.3 Å². The summed E-state index contributed by atoms with van der Waals surface area (Å²) in [5.41, 5.74) is 0.0131. The molecule has 7 nitrogen and oxygen atoms in total. The second-order valence-electron chi connectivity index (χ2n) is 6.61. The van der Waals surface area contributed by atoms with Crippen LogP contribution in [-0.2, 0) is 10.9 Å². The number of aryl methyl sites for hydroxylation is 2. The summed E-state index contributed by atoms with van der Waals surface area (Å²) in [6.45, 7) is 4.02. The van der Waals surface area contributed by atoms with E-state index in [2.05, 4.69) is 20.6 Å². The Balaban J connectivity index is 1.66. The van der Waals surface area contributed by atoms with Crippen molar-refractivity contribution in [2.45, 2.75) is 20.0 Å². The van der Waals surface area contributed by atoms with Gasteiger partial charge in [0.15, 0.2) is 0 Å². The van der Waals surface area contributed by atoms with E-state index >= 15 is 0 Å². The lowest BCUT2D eigenvalue weighted by Gasteiger charge is -2.10. The van der Waals surface area contributed by atoms with Gasteiger partial charge in [0.2, 0.25) is 0 Å². The molecule has 164 valence electrons. The van der Waals surface area contributed by atoms with Crippen LogP contribution < -0.4 is 10.6 Å². The van der Waals surface area contributed by atoms with Crippen LogP contribution in [0.25, 0.3) is 10.2 Å². The Morgan fingerprint density at radius 1 is 1.10 bits per heavy atom. The summed E-state index contributed by atoms with van der Waals surface area (Å²) in [6.07, 6.45) is -4.45. The fourth-order valence-corrected chi connectivity index (χ4v) is 4.08. The number of hydrogen-bond donors (Lipinski definition) is 2. The maximum Gasteiger partial charge on any atom is 0.416 e. The fraction of sp³-hybridized carbons (Fsp3) is 0.300. The lowest BCUT2D eigenvalue weighted by atomic mass is 10.1. The van der Waals surface area contributed by atoms with E-state index in [0.717, 1.165) is 24.3 Å². The highest BCUT2D eigenvalue weighted by Gasteiger charge is 2.30. The molecule has 31 heavy (non-hydrogen) atoms. The molecule has 0 atom stereocenters. The number of alkyl halides is 3. The minimum absolute atomic E-state index is 0.129. The second-order valence-corrected chi connectivity index (χ2v) is 7.60. The van der Waals surface area contributed by atoms with E-state index in [0.29, 0.717) is 38.8 Å². The molecule has 11 heteroatoms. The maximum atomic E-state index is 12.6. The summed E-state index contributed by atoms with van der Waals surface area (Å²) in [5, 5.41) is 6.45. The van der Waals surface area contributed by atoms with Crippen LogP contribution in [0.4, 0.5) is 19.0 Å². The van der Waals surface area contributed by atoms with Crippen LogP contribution in [0.15, 0.2) is 24.3 Å². The fourth-order valence-electron chi connectivity index (χ4n) is 2.93. The third kappa shape index (κ3) is 4.93. The molecule has 1 amide bonds. The van der Waals surface area contributed by atoms with Gasteiger partial charge in [0.05, 0.1) is 18.1 Å². The summed E-state index contributed by atoms with van der Waals surface area (Å²) in [7, 11) is 1.31. The van der Waals surface area contributed by atoms with Crippen molar-refractivity contribution in [1.82, 2.24) is 15.3 Å². The van der Waals surface area contributed by atoms with E-state index in [-0.39, 0.29) is 12.1 Å². The Hall–Kier alpha value is -3.21. The average molecular weight is 452 g/mol. The number of ether oxygens (including phenoxy) is 1. The van der Waals surface area contributed by atoms with Crippen molar-refractivity contribution in [1.29, 1.82) is 0 Å². The molecule has 2 heterocycles. The number of aromatic nitrogens is 2. The van der Waals surface area contributed by atoms with Crippen molar-refractivity contribution in [3.8, 4) is 0 Å². The first kappa shape index (κ1) is 22.5. The van der Waals surface area contributed by atoms with Crippen molar-refractivity contribution in [2.75, 3.05) is 25.5 Å². The lowest BCUT2D eigenvalue weighted by Crippen LogP contribution is -2.29. The molecule has 0 aliphatic carbocycles. The zero-order valence-corrected chi connectivity index (χ0v) is 17.7. The number of thiophene rings is 1. The van der Waals surface area contributed by atoms with Gasteiger partial charge >= 0.3 is 12.1 Å². The zero-order chi connectivity index (χ0) is 22.8.